The largest absolute Gasteiger partial charge is 0.326 e. The van der Waals surface area contributed by atoms with Crippen molar-refractivity contribution in [3.05, 3.63) is 57.2 Å². The SMILES string of the molecule is C=S1C=CC=C1Cn1c(=O)[nH]c2ccccc21. The van der Waals surface area contributed by atoms with E-state index in [4.69, 9.17) is 0 Å². The highest BCUT2D eigenvalue weighted by molar-refractivity contribution is 8.20. The van der Waals surface area contributed by atoms with Crippen LogP contribution in [0.5, 0.6) is 0 Å². The Morgan fingerprint density at radius 2 is 2.18 bits per heavy atom. The van der Waals surface area contributed by atoms with Crippen LogP contribution in [0.3, 0.4) is 0 Å². The first-order valence-electron chi connectivity index (χ1n) is 5.33. The second kappa shape index (κ2) is 3.89. The van der Waals surface area contributed by atoms with Crippen molar-refractivity contribution in [1.29, 1.82) is 0 Å². The summed E-state index contributed by atoms with van der Waals surface area (Å²) in [4.78, 5) is 15.9. The predicted octanol–water partition coefficient (Wildman–Crippen LogP) is 2.44. The molecule has 0 fully saturated rings. The fourth-order valence-electron chi connectivity index (χ4n) is 1.97. The van der Waals surface area contributed by atoms with Gasteiger partial charge in [0.15, 0.2) is 0 Å². The Kier molecular flexibility index (Phi) is 2.37. The van der Waals surface area contributed by atoms with Crippen LogP contribution in [0.25, 0.3) is 11.0 Å². The van der Waals surface area contributed by atoms with Crippen LogP contribution in [0.15, 0.2) is 51.5 Å². The van der Waals surface area contributed by atoms with E-state index in [1.54, 1.807) is 4.57 Å². The fourth-order valence-corrected chi connectivity index (χ4v) is 2.96. The zero-order valence-corrected chi connectivity index (χ0v) is 10.0. The number of hydrogen-bond donors (Lipinski definition) is 1. The van der Waals surface area contributed by atoms with Crippen molar-refractivity contribution in [1.82, 2.24) is 9.55 Å². The average molecular weight is 244 g/mol. The molecule has 0 bridgehead atoms. The van der Waals surface area contributed by atoms with Gasteiger partial charge in [0.05, 0.1) is 17.6 Å². The lowest BCUT2D eigenvalue weighted by atomic mass is 10.3. The molecule has 0 aliphatic carbocycles. The van der Waals surface area contributed by atoms with Crippen LogP contribution in [0.1, 0.15) is 0 Å². The number of nitrogens with zero attached hydrogens (tertiary/aromatic N) is 1. The van der Waals surface area contributed by atoms with E-state index >= 15 is 0 Å². The predicted molar refractivity (Wildman–Crippen MR) is 74.5 cm³/mol. The Labute approximate surface area is 101 Å². The summed E-state index contributed by atoms with van der Waals surface area (Å²) in [7, 11) is -0.0895. The Bertz CT molecular complexity index is 718. The summed E-state index contributed by atoms with van der Waals surface area (Å²) >= 11 is 0. The van der Waals surface area contributed by atoms with Crippen LogP contribution in [0, 0.1) is 0 Å². The van der Waals surface area contributed by atoms with Gasteiger partial charge in [0.2, 0.25) is 0 Å². The number of aromatic nitrogens is 2. The molecular formula is C13H12N2OS. The molecule has 0 saturated carbocycles. The number of aromatic amines is 1. The van der Waals surface area contributed by atoms with Crippen molar-refractivity contribution >= 4 is 27.4 Å². The molecule has 1 N–H and O–H groups in total. The number of H-pyrrole nitrogens is 1. The number of para-hydroxylation sites is 2. The first kappa shape index (κ1) is 10.4. The number of hydrogen-bond acceptors (Lipinski definition) is 1. The molecule has 0 amide bonds. The maximum Gasteiger partial charge on any atom is 0.326 e. The Morgan fingerprint density at radius 3 is 2.94 bits per heavy atom. The topological polar surface area (TPSA) is 37.8 Å². The molecule has 17 heavy (non-hydrogen) atoms. The fraction of sp³-hybridized carbons (Fsp3) is 0.0769. The summed E-state index contributed by atoms with van der Waals surface area (Å²) in [5.74, 6) is 4.06. The van der Waals surface area contributed by atoms with Crippen molar-refractivity contribution in [3.8, 4) is 0 Å². The molecular weight excluding hydrogens is 232 g/mol. The number of nitrogens with one attached hydrogen (secondary N) is 1. The minimum absolute atomic E-state index is 0.0593. The van der Waals surface area contributed by atoms with Crippen molar-refractivity contribution < 1.29 is 0 Å². The summed E-state index contributed by atoms with van der Waals surface area (Å²) in [6.07, 6.45) is 4.05. The molecule has 1 aliphatic rings. The van der Waals surface area contributed by atoms with Gasteiger partial charge in [-0.1, -0.05) is 30.2 Å². The Morgan fingerprint density at radius 1 is 1.35 bits per heavy atom. The summed E-state index contributed by atoms with van der Waals surface area (Å²) in [6, 6.07) is 7.73. The lowest BCUT2D eigenvalue weighted by Gasteiger charge is -2.06. The van der Waals surface area contributed by atoms with Gasteiger partial charge in [0.25, 0.3) is 0 Å². The van der Waals surface area contributed by atoms with Crippen molar-refractivity contribution in [3.63, 3.8) is 0 Å². The molecule has 3 nitrogen and oxygen atoms in total. The van der Waals surface area contributed by atoms with Crippen LogP contribution in [0.4, 0.5) is 0 Å². The van der Waals surface area contributed by atoms with Gasteiger partial charge in [-0.05, 0) is 17.5 Å². The Balaban J connectivity index is 2.09. The Hall–Kier alpha value is -1.81. The van der Waals surface area contributed by atoms with Gasteiger partial charge < -0.3 is 4.98 Å². The second-order valence-corrected chi connectivity index (χ2v) is 5.58. The van der Waals surface area contributed by atoms with Crippen molar-refractivity contribution in [2.24, 2.45) is 0 Å². The van der Waals surface area contributed by atoms with E-state index in [0.29, 0.717) is 6.54 Å². The summed E-state index contributed by atoms with van der Waals surface area (Å²) in [6.45, 7) is 0.614. The van der Waals surface area contributed by atoms with Crippen LogP contribution in [0.2, 0.25) is 0 Å². The number of allylic oxidation sites excluding steroid dienone is 3. The minimum Gasteiger partial charge on any atom is -0.306 e. The first-order chi connectivity index (χ1) is 8.25. The first-order valence-corrected chi connectivity index (χ1v) is 6.79. The molecule has 0 spiro atoms. The van der Waals surface area contributed by atoms with Crippen molar-refractivity contribution in [2.75, 3.05) is 0 Å². The van der Waals surface area contributed by atoms with E-state index in [2.05, 4.69) is 16.3 Å². The van der Waals surface area contributed by atoms with Gasteiger partial charge in [-0.25, -0.2) is 4.79 Å². The van der Waals surface area contributed by atoms with Gasteiger partial charge in [0.1, 0.15) is 0 Å². The van der Waals surface area contributed by atoms with Gasteiger partial charge in [-0.2, -0.15) is 0 Å². The molecule has 2 heterocycles. The van der Waals surface area contributed by atoms with Crippen LogP contribution >= 0.6 is 10.5 Å². The molecule has 1 aromatic carbocycles. The molecule has 86 valence electrons. The number of benzene rings is 1. The molecule has 1 unspecified atom stereocenters. The van der Waals surface area contributed by atoms with Crippen LogP contribution in [-0.4, -0.2) is 15.4 Å². The lowest BCUT2D eigenvalue weighted by Crippen LogP contribution is -2.17. The average Bonchev–Trinajstić information content (AvgIpc) is 2.85. The van der Waals surface area contributed by atoms with E-state index in [1.165, 1.54) is 4.91 Å². The molecule has 4 heteroatoms. The third-order valence-corrected chi connectivity index (χ3v) is 4.28. The van der Waals surface area contributed by atoms with E-state index in [9.17, 15) is 4.79 Å². The van der Waals surface area contributed by atoms with E-state index in [-0.39, 0.29) is 16.2 Å². The normalized spacial score (nSPS) is 18.8. The number of fused-ring (bicyclic) bond motifs is 1. The summed E-state index contributed by atoms with van der Waals surface area (Å²) in [5, 5.41) is 2.06. The molecule has 2 aromatic rings. The number of imidazole rings is 1. The number of rotatable bonds is 2. The van der Waals surface area contributed by atoms with Gasteiger partial charge >= 0.3 is 5.69 Å². The molecule has 3 rings (SSSR count). The van der Waals surface area contributed by atoms with E-state index in [1.807, 2.05) is 36.4 Å². The zero-order chi connectivity index (χ0) is 11.8. The quantitative estimate of drug-likeness (QED) is 0.809. The highest BCUT2D eigenvalue weighted by atomic mass is 32.2. The van der Waals surface area contributed by atoms with Crippen LogP contribution in [-0.2, 0) is 6.54 Å². The second-order valence-electron chi connectivity index (χ2n) is 3.92. The molecule has 0 saturated heterocycles. The lowest BCUT2D eigenvalue weighted by molar-refractivity contribution is 0.801. The van der Waals surface area contributed by atoms with Gasteiger partial charge in [-0.15, -0.1) is 10.5 Å². The third-order valence-electron chi connectivity index (χ3n) is 2.86. The maximum atomic E-state index is 11.9. The molecule has 0 radical (unpaired) electrons. The smallest absolute Gasteiger partial charge is 0.306 e. The standard InChI is InChI=1S/C13H12N2OS/c1-17-8-4-5-10(17)9-15-12-7-3-2-6-11(12)14-13(15)16/h2-8H,1,9H2,(H,14,16). The minimum atomic E-state index is -0.0895. The molecule has 1 atom stereocenters. The maximum absolute atomic E-state index is 11.9. The van der Waals surface area contributed by atoms with Gasteiger partial charge in [-0.3, -0.25) is 4.57 Å². The van der Waals surface area contributed by atoms with Crippen LogP contribution < -0.4 is 5.69 Å². The highest BCUT2D eigenvalue weighted by Gasteiger charge is 2.09. The molecule has 1 aromatic heterocycles. The van der Waals surface area contributed by atoms with E-state index < -0.39 is 0 Å². The van der Waals surface area contributed by atoms with Crippen molar-refractivity contribution in [2.45, 2.75) is 6.54 Å². The highest BCUT2D eigenvalue weighted by Crippen LogP contribution is 2.30. The third kappa shape index (κ3) is 1.70. The zero-order valence-electron chi connectivity index (χ0n) is 9.22. The van der Waals surface area contributed by atoms with E-state index in [0.717, 1.165) is 11.0 Å². The summed E-state index contributed by atoms with van der Waals surface area (Å²) < 4.78 is 1.76. The molecule has 1 aliphatic heterocycles. The van der Waals surface area contributed by atoms with Gasteiger partial charge in [0, 0.05) is 4.91 Å². The monoisotopic (exact) mass is 244 g/mol. The summed E-state index contributed by atoms with van der Waals surface area (Å²) in [5.41, 5.74) is 1.77.